The second-order valence-corrected chi connectivity index (χ2v) is 7.06. The predicted molar refractivity (Wildman–Crippen MR) is 104 cm³/mol. The Bertz CT molecular complexity index is 853. The molecular weight excluding hydrogens is 361 g/mol. The van der Waals surface area contributed by atoms with Gasteiger partial charge in [-0.1, -0.05) is 18.2 Å². The first kappa shape index (κ1) is 18.6. The lowest BCUT2D eigenvalue weighted by Crippen LogP contribution is -2.54. The van der Waals surface area contributed by atoms with Crippen LogP contribution in [0, 0.1) is 5.82 Å². The molecule has 7 heteroatoms. The van der Waals surface area contributed by atoms with Gasteiger partial charge in [0.2, 0.25) is 12.7 Å². The van der Waals surface area contributed by atoms with Gasteiger partial charge in [0.25, 0.3) is 0 Å². The first-order valence-electron chi connectivity index (χ1n) is 9.51. The molecule has 28 heavy (non-hydrogen) atoms. The van der Waals surface area contributed by atoms with E-state index in [1.807, 2.05) is 36.1 Å². The van der Waals surface area contributed by atoms with Gasteiger partial charge in [0.05, 0.1) is 11.7 Å². The molecule has 2 aliphatic heterocycles. The number of hydrogen-bond acceptors (Lipinski definition) is 5. The predicted octanol–water partition coefficient (Wildman–Crippen LogP) is 2.38. The maximum atomic E-state index is 14.0. The van der Waals surface area contributed by atoms with Crippen LogP contribution in [-0.2, 0) is 11.3 Å². The Balaban J connectivity index is 1.28. The minimum atomic E-state index is -0.239. The molecule has 2 aliphatic rings. The standard InChI is InChI=1S/C21H24FN3O3/c1-15(21(26)23-13-16-6-7-19-20(12-16)28-14-27-19)24-8-10-25(11-9-24)18-5-3-2-4-17(18)22/h2-7,12,15H,8-11,13-14H2,1H3,(H,23,26)/t15-/m1/s1. The summed E-state index contributed by atoms with van der Waals surface area (Å²) in [7, 11) is 0. The smallest absolute Gasteiger partial charge is 0.237 e. The Morgan fingerprint density at radius 3 is 2.64 bits per heavy atom. The van der Waals surface area contributed by atoms with Crippen molar-refractivity contribution in [1.29, 1.82) is 0 Å². The molecule has 1 fully saturated rings. The number of nitrogens with one attached hydrogen (secondary N) is 1. The highest BCUT2D eigenvalue weighted by Crippen LogP contribution is 2.32. The van der Waals surface area contributed by atoms with E-state index in [9.17, 15) is 9.18 Å². The summed E-state index contributed by atoms with van der Waals surface area (Å²) in [5, 5.41) is 2.99. The van der Waals surface area contributed by atoms with Gasteiger partial charge in [-0.15, -0.1) is 0 Å². The molecule has 1 atom stereocenters. The van der Waals surface area contributed by atoms with Gasteiger partial charge in [-0.05, 0) is 36.8 Å². The normalized spacial score (nSPS) is 17.4. The lowest BCUT2D eigenvalue weighted by molar-refractivity contribution is -0.126. The molecule has 1 N–H and O–H groups in total. The van der Waals surface area contributed by atoms with Crippen LogP contribution in [0.2, 0.25) is 0 Å². The molecular formula is C21H24FN3O3. The summed E-state index contributed by atoms with van der Waals surface area (Å²) in [6, 6.07) is 12.2. The molecule has 2 aromatic carbocycles. The minimum Gasteiger partial charge on any atom is -0.454 e. The van der Waals surface area contributed by atoms with Crippen LogP contribution in [0.3, 0.4) is 0 Å². The third-order valence-corrected chi connectivity index (χ3v) is 5.34. The van der Waals surface area contributed by atoms with Crippen LogP contribution in [-0.4, -0.2) is 49.8 Å². The Hall–Kier alpha value is -2.80. The molecule has 2 heterocycles. The first-order valence-corrected chi connectivity index (χ1v) is 9.51. The van der Waals surface area contributed by atoms with Crippen molar-refractivity contribution in [3.8, 4) is 11.5 Å². The summed E-state index contributed by atoms with van der Waals surface area (Å²) < 4.78 is 24.6. The maximum Gasteiger partial charge on any atom is 0.237 e. The molecule has 2 aromatic rings. The summed E-state index contributed by atoms with van der Waals surface area (Å²) in [6.45, 7) is 5.41. The largest absolute Gasteiger partial charge is 0.454 e. The van der Waals surface area contributed by atoms with Crippen molar-refractivity contribution >= 4 is 11.6 Å². The molecule has 1 saturated heterocycles. The number of carbonyl (C=O) groups excluding carboxylic acids is 1. The number of fused-ring (bicyclic) bond motifs is 1. The van der Waals surface area contributed by atoms with Crippen molar-refractivity contribution in [1.82, 2.24) is 10.2 Å². The van der Waals surface area contributed by atoms with Gasteiger partial charge in [-0.25, -0.2) is 4.39 Å². The number of hydrogen-bond donors (Lipinski definition) is 1. The van der Waals surface area contributed by atoms with Crippen molar-refractivity contribution < 1.29 is 18.7 Å². The average molecular weight is 385 g/mol. The zero-order chi connectivity index (χ0) is 19.5. The molecule has 1 amide bonds. The Kier molecular flexibility index (Phi) is 5.34. The summed E-state index contributed by atoms with van der Waals surface area (Å²) in [5.41, 5.74) is 1.59. The first-order chi connectivity index (χ1) is 13.6. The third-order valence-electron chi connectivity index (χ3n) is 5.34. The fraction of sp³-hybridized carbons (Fsp3) is 0.381. The third kappa shape index (κ3) is 3.89. The van der Waals surface area contributed by atoms with E-state index in [0.29, 0.717) is 44.2 Å². The van der Waals surface area contributed by atoms with Crippen molar-refractivity contribution in [3.05, 3.63) is 53.8 Å². The lowest BCUT2D eigenvalue weighted by atomic mass is 10.1. The monoisotopic (exact) mass is 385 g/mol. The number of anilines is 1. The fourth-order valence-corrected chi connectivity index (χ4v) is 3.61. The Morgan fingerprint density at radius 2 is 1.86 bits per heavy atom. The number of carbonyl (C=O) groups is 1. The highest BCUT2D eigenvalue weighted by atomic mass is 19.1. The fourth-order valence-electron chi connectivity index (χ4n) is 3.61. The second kappa shape index (κ2) is 8.06. The van der Waals surface area contributed by atoms with E-state index >= 15 is 0 Å². The number of piperazine rings is 1. The molecule has 0 saturated carbocycles. The van der Waals surface area contributed by atoms with Crippen LogP contribution >= 0.6 is 0 Å². The van der Waals surface area contributed by atoms with Crippen molar-refractivity contribution in [2.45, 2.75) is 19.5 Å². The maximum absolute atomic E-state index is 14.0. The summed E-state index contributed by atoms with van der Waals surface area (Å²) in [4.78, 5) is 16.7. The number of nitrogens with zero attached hydrogens (tertiary/aromatic N) is 2. The molecule has 4 rings (SSSR count). The van der Waals surface area contributed by atoms with Gasteiger partial charge >= 0.3 is 0 Å². The molecule has 148 valence electrons. The van der Waals surface area contributed by atoms with Crippen molar-refractivity contribution in [2.24, 2.45) is 0 Å². The number of para-hydroxylation sites is 1. The van der Waals surface area contributed by atoms with E-state index in [1.54, 1.807) is 12.1 Å². The lowest BCUT2D eigenvalue weighted by Gasteiger charge is -2.38. The van der Waals surface area contributed by atoms with E-state index in [2.05, 4.69) is 10.2 Å². The summed E-state index contributed by atoms with van der Waals surface area (Å²) in [5.74, 6) is 1.22. The molecule has 0 spiro atoms. The average Bonchev–Trinajstić information content (AvgIpc) is 3.20. The van der Waals surface area contributed by atoms with Crippen LogP contribution in [0.1, 0.15) is 12.5 Å². The zero-order valence-corrected chi connectivity index (χ0v) is 15.9. The van der Waals surface area contributed by atoms with Crippen molar-refractivity contribution in [3.63, 3.8) is 0 Å². The van der Waals surface area contributed by atoms with Gasteiger partial charge in [0.15, 0.2) is 11.5 Å². The van der Waals surface area contributed by atoms with E-state index in [-0.39, 0.29) is 24.6 Å². The molecule has 6 nitrogen and oxygen atoms in total. The molecule has 0 unspecified atom stereocenters. The SMILES string of the molecule is C[C@H](C(=O)NCc1ccc2c(c1)OCO2)N1CCN(c2ccccc2F)CC1. The highest BCUT2D eigenvalue weighted by Gasteiger charge is 2.26. The highest BCUT2D eigenvalue weighted by molar-refractivity contribution is 5.81. The number of benzene rings is 2. The van der Waals surface area contributed by atoms with Gasteiger partial charge in [-0.2, -0.15) is 0 Å². The number of rotatable bonds is 5. The topological polar surface area (TPSA) is 54.0 Å². The van der Waals surface area contributed by atoms with Crippen molar-refractivity contribution in [2.75, 3.05) is 37.9 Å². The summed E-state index contributed by atoms with van der Waals surface area (Å²) in [6.07, 6.45) is 0. The number of amides is 1. The van der Waals surface area contributed by atoms with Crippen LogP contribution in [0.25, 0.3) is 0 Å². The van der Waals surface area contributed by atoms with Gasteiger partial charge in [-0.3, -0.25) is 9.69 Å². The minimum absolute atomic E-state index is 0.0167. The number of halogens is 1. The van der Waals surface area contributed by atoms with Crippen LogP contribution < -0.4 is 19.7 Å². The zero-order valence-electron chi connectivity index (χ0n) is 15.9. The van der Waals surface area contributed by atoms with Gasteiger partial charge in [0.1, 0.15) is 5.82 Å². The second-order valence-electron chi connectivity index (χ2n) is 7.06. The van der Waals surface area contributed by atoms with E-state index in [0.717, 1.165) is 11.3 Å². The Morgan fingerprint density at radius 1 is 1.11 bits per heavy atom. The van der Waals surface area contributed by atoms with Crippen LogP contribution in [0.5, 0.6) is 11.5 Å². The Labute approximate surface area is 163 Å². The molecule has 0 bridgehead atoms. The molecule has 0 aliphatic carbocycles. The molecule has 0 radical (unpaired) electrons. The van der Waals surface area contributed by atoms with Gasteiger partial charge in [0, 0.05) is 32.7 Å². The van der Waals surface area contributed by atoms with Crippen LogP contribution in [0.4, 0.5) is 10.1 Å². The van der Waals surface area contributed by atoms with E-state index < -0.39 is 0 Å². The number of ether oxygens (including phenoxy) is 2. The summed E-state index contributed by atoms with van der Waals surface area (Å²) >= 11 is 0. The van der Waals surface area contributed by atoms with Crippen LogP contribution in [0.15, 0.2) is 42.5 Å². The van der Waals surface area contributed by atoms with E-state index in [1.165, 1.54) is 6.07 Å². The van der Waals surface area contributed by atoms with Gasteiger partial charge < -0.3 is 19.7 Å². The quantitative estimate of drug-likeness (QED) is 0.857. The molecule has 0 aromatic heterocycles. The van der Waals surface area contributed by atoms with E-state index in [4.69, 9.17) is 9.47 Å².